The summed E-state index contributed by atoms with van der Waals surface area (Å²) in [7, 11) is 0. The molecule has 0 saturated heterocycles. The van der Waals surface area contributed by atoms with E-state index in [0.29, 0.717) is 23.3 Å². The van der Waals surface area contributed by atoms with E-state index in [1.165, 1.54) is 75.3 Å². The van der Waals surface area contributed by atoms with Crippen LogP contribution >= 0.6 is 0 Å². The molecule has 2 aliphatic rings. The molecule has 2 aromatic carbocycles. The first-order chi connectivity index (χ1) is 18.0. The molecular formula is C34H44F2O. The van der Waals surface area contributed by atoms with Gasteiger partial charge in [0.25, 0.3) is 0 Å². The smallest absolute Gasteiger partial charge is 0.315 e. The Bertz CT molecular complexity index is 975. The molecule has 0 aliphatic heterocycles. The molecule has 0 unspecified atom stereocenters. The van der Waals surface area contributed by atoms with Gasteiger partial charge >= 0.3 is 6.11 Å². The number of benzene rings is 2. The molecule has 0 atom stereocenters. The second-order valence-electron chi connectivity index (χ2n) is 11.3. The fourth-order valence-electron chi connectivity index (χ4n) is 6.24. The van der Waals surface area contributed by atoms with Gasteiger partial charge in [-0.1, -0.05) is 66.8 Å². The van der Waals surface area contributed by atoms with E-state index in [9.17, 15) is 8.78 Å². The van der Waals surface area contributed by atoms with Crippen LogP contribution in [0.5, 0.6) is 0 Å². The first-order valence-electron chi connectivity index (χ1n) is 14.4. The van der Waals surface area contributed by atoms with Gasteiger partial charge in [-0.25, -0.2) is 0 Å². The van der Waals surface area contributed by atoms with Crippen molar-refractivity contribution >= 4 is 0 Å². The van der Waals surface area contributed by atoms with Crippen LogP contribution in [-0.2, 0) is 17.8 Å². The van der Waals surface area contributed by atoms with Gasteiger partial charge in [0, 0.05) is 0 Å². The molecule has 2 fully saturated rings. The van der Waals surface area contributed by atoms with Crippen LogP contribution in [0.15, 0.2) is 73.3 Å². The quantitative estimate of drug-likeness (QED) is 0.275. The Kier molecular flexibility index (Phi) is 10.1. The van der Waals surface area contributed by atoms with Gasteiger partial charge < -0.3 is 4.74 Å². The maximum atomic E-state index is 14.6. The van der Waals surface area contributed by atoms with Crippen molar-refractivity contribution in [1.29, 1.82) is 0 Å². The summed E-state index contributed by atoms with van der Waals surface area (Å²) >= 11 is 0. The van der Waals surface area contributed by atoms with Crippen LogP contribution in [0.25, 0.3) is 0 Å². The van der Waals surface area contributed by atoms with E-state index in [2.05, 4.69) is 56.0 Å². The lowest BCUT2D eigenvalue weighted by Gasteiger charge is -2.28. The molecule has 0 bridgehead atoms. The van der Waals surface area contributed by atoms with Gasteiger partial charge in [0.15, 0.2) is 0 Å². The van der Waals surface area contributed by atoms with Gasteiger partial charge in [-0.2, -0.15) is 8.78 Å². The summed E-state index contributed by atoms with van der Waals surface area (Å²) in [6.45, 7) is 5.92. The molecule has 0 amide bonds. The lowest BCUT2D eigenvalue weighted by atomic mass is 9.77. The van der Waals surface area contributed by atoms with E-state index in [1.54, 1.807) is 0 Å². The van der Waals surface area contributed by atoms with Crippen LogP contribution in [0.1, 0.15) is 105 Å². The highest BCUT2D eigenvalue weighted by molar-refractivity contribution is 5.27. The number of ether oxygens (including phenoxy) is 1. The van der Waals surface area contributed by atoms with E-state index < -0.39 is 12.5 Å². The lowest BCUT2D eigenvalue weighted by Crippen LogP contribution is -2.23. The molecule has 0 N–H and O–H groups in total. The molecule has 0 aromatic heterocycles. The first kappa shape index (κ1) is 27.8. The monoisotopic (exact) mass is 506 g/mol. The van der Waals surface area contributed by atoms with Gasteiger partial charge in [-0.15, -0.1) is 6.58 Å². The van der Waals surface area contributed by atoms with E-state index in [-0.39, 0.29) is 6.61 Å². The van der Waals surface area contributed by atoms with Crippen molar-refractivity contribution in [3.05, 3.63) is 95.6 Å². The predicted molar refractivity (Wildman–Crippen MR) is 150 cm³/mol. The van der Waals surface area contributed by atoms with Crippen LogP contribution in [0.2, 0.25) is 0 Å². The van der Waals surface area contributed by atoms with Crippen molar-refractivity contribution in [3.63, 3.8) is 0 Å². The van der Waals surface area contributed by atoms with Crippen molar-refractivity contribution in [3.8, 4) is 0 Å². The van der Waals surface area contributed by atoms with Crippen LogP contribution in [0, 0.1) is 11.8 Å². The van der Waals surface area contributed by atoms with Gasteiger partial charge in [0.1, 0.15) is 0 Å². The maximum absolute atomic E-state index is 14.6. The normalized spacial score (nSPS) is 24.8. The summed E-state index contributed by atoms with van der Waals surface area (Å²) in [6.07, 6.45) is 15.0. The Morgan fingerprint density at radius 1 is 0.811 bits per heavy atom. The summed E-state index contributed by atoms with van der Waals surface area (Å²) in [5.74, 6) is 2.59. The Balaban J connectivity index is 1.22. The largest absolute Gasteiger partial charge is 0.360 e. The molecule has 0 heterocycles. The summed E-state index contributed by atoms with van der Waals surface area (Å²) < 4.78 is 34.3. The Morgan fingerprint density at radius 3 is 1.89 bits per heavy atom. The van der Waals surface area contributed by atoms with Crippen molar-refractivity contribution < 1.29 is 13.5 Å². The highest BCUT2D eigenvalue weighted by Crippen LogP contribution is 2.38. The third-order valence-electron chi connectivity index (χ3n) is 8.69. The Hall–Kier alpha value is -2.26. The summed E-state index contributed by atoms with van der Waals surface area (Å²) in [4.78, 5) is 0. The molecule has 4 rings (SSSR count). The maximum Gasteiger partial charge on any atom is 0.360 e. The molecule has 37 heavy (non-hydrogen) atoms. The van der Waals surface area contributed by atoms with E-state index in [1.807, 2.05) is 24.3 Å². The molecule has 0 radical (unpaired) electrons. The minimum absolute atomic E-state index is 0.0775. The number of alkyl halides is 2. The zero-order chi connectivity index (χ0) is 26.1. The zero-order valence-electron chi connectivity index (χ0n) is 22.5. The molecule has 2 aliphatic carbocycles. The fourth-order valence-corrected chi connectivity index (χ4v) is 6.24. The average molecular weight is 507 g/mol. The van der Waals surface area contributed by atoms with Crippen LogP contribution in [-0.4, -0.2) is 6.11 Å². The molecule has 1 nitrogen and oxygen atoms in total. The van der Waals surface area contributed by atoms with Crippen LogP contribution < -0.4 is 0 Å². The minimum Gasteiger partial charge on any atom is -0.315 e. The van der Waals surface area contributed by atoms with E-state index in [4.69, 9.17) is 4.74 Å². The summed E-state index contributed by atoms with van der Waals surface area (Å²) in [6, 6.07) is 15.9. The van der Waals surface area contributed by atoms with Gasteiger partial charge in [0.2, 0.25) is 0 Å². The second kappa shape index (κ2) is 13.5. The average Bonchev–Trinajstić information content (AvgIpc) is 2.93. The highest BCUT2D eigenvalue weighted by atomic mass is 19.3. The van der Waals surface area contributed by atoms with Crippen LogP contribution in [0.4, 0.5) is 8.78 Å². The standard InChI is InChI=1S/C34H44F2O/c1-3-5-6-7-27-10-18-31(19-11-27)32-20-12-28(13-21-32)24-34(35,36)37-25-29-14-22-33(23-15-29)30-16-8-26(4-2)9-17-30/h3-5,12-15,20-23,26-27,30-31H,2,6-11,16-19,24-25H2,1H3. The molecule has 3 heteroatoms. The van der Waals surface area contributed by atoms with Gasteiger partial charge in [0.05, 0.1) is 13.0 Å². The van der Waals surface area contributed by atoms with Gasteiger partial charge in [-0.05, 0) is 117 Å². The molecule has 2 aromatic rings. The van der Waals surface area contributed by atoms with E-state index >= 15 is 0 Å². The predicted octanol–water partition coefficient (Wildman–Crippen LogP) is 10.1. The van der Waals surface area contributed by atoms with Crippen molar-refractivity contribution in [2.24, 2.45) is 11.8 Å². The van der Waals surface area contributed by atoms with Crippen molar-refractivity contribution in [2.75, 3.05) is 0 Å². The number of hydrogen-bond donors (Lipinski definition) is 0. The molecule has 2 saturated carbocycles. The number of hydrogen-bond acceptors (Lipinski definition) is 1. The fraction of sp³-hybridized carbons (Fsp3) is 0.529. The SMILES string of the molecule is C=CC1CCC(c2ccc(COC(F)(F)Cc3ccc(C4CCC(CCC=CC)CC4)cc3)cc2)CC1. The third kappa shape index (κ3) is 8.37. The Labute approximate surface area is 223 Å². The second-order valence-corrected chi connectivity index (χ2v) is 11.3. The number of allylic oxidation sites excluding steroid dienone is 3. The third-order valence-corrected chi connectivity index (χ3v) is 8.69. The topological polar surface area (TPSA) is 9.23 Å². The Morgan fingerprint density at radius 2 is 1.35 bits per heavy atom. The molecule has 0 spiro atoms. The zero-order valence-corrected chi connectivity index (χ0v) is 22.5. The van der Waals surface area contributed by atoms with Gasteiger partial charge in [-0.3, -0.25) is 0 Å². The lowest BCUT2D eigenvalue weighted by molar-refractivity contribution is -0.244. The molecule has 200 valence electrons. The minimum atomic E-state index is -3.19. The van der Waals surface area contributed by atoms with E-state index in [0.717, 1.165) is 11.5 Å². The summed E-state index contributed by atoms with van der Waals surface area (Å²) in [5.41, 5.74) is 4.01. The first-order valence-corrected chi connectivity index (χ1v) is 14.4. The number of rotatable bonds is 11. The molecular weight excluding hydrogens is 462 g/mol. The highest BCUT2D eigenvalue weighted by Gasteiger charge is 2.31. The summed E-state index contributed by atoms with van der Waals surface area (Å²) in [5, 5.41) is 0. The van der Waals surface area contributed by atoms with Crippen molar-refractivity contribution in [1.82, 2.24) is 0 Å². The number of halogens is 2. The van der Waals surface area contributed by atoms with Crippen LogP contribution in [0.3, 0.4) is 0 Å². The van der Waals surface area contributed by atoms with Crippen molar-refractivity contribution in [2.45, 2.75) is 102 Å².